The summed E-state index contributed by atoms with van der Waals surface area (Å²) in [7, 11) is -0.180. The summed E-state index contributed by atoms with van der Waals surface area (Å²) >= 11 is 0. The van der Waals surface area contributed by atoms with Crippen LogP contribution in [-0.4, -0.2) is 32.1 Å². The molecule has 0 fully saturated rings. The molecule has 1 atom stereocenters. The van der Waals surface area contributed by atoms with Gasteiger partial charge in [-0.3, -0.25) is 9.40 Å². The second kappa shape index (κ2) is 9.30. The Balaban J connectivity index is 1.58. The topological polar surface area (TPSA) is 98.1 Å². The molecule has 1 aromatic carbocycles. The molecule has 9 heteroatoms. The third-order valence-electron chi connectivity index (χ3n) is 5.22. The fourth-order valence-electron chi connectivity index (χ4n) is 3.81. The summed E-state index contributed by atoms with van der Waals surface area (Å²) in [6, 6.07) is 8.93. The normalized spacial score (nSPS) is 13.5. The zero-order chi connectivity index (χ0) is 21.8. The van der Waals surface area contributed by atoms with Gasteiger partial charge in [-0.05, 0) is 54.5 Å². The van der Waals surface area contributed by atoms with E-state index in [9.17, 15) is 9.00 Å². The monoisotopic (exact) mass is 439 g/mol. The molecule has 2 aromatic heterocycles. The van der Waals surface area contributed by atoms with Crippen LogP contribution in [0.2, 0.25) is 0 Å². The molecule has 162 valence electrons. The van der Waals surface area contributed by atoms with Gasteiger partial charge in [0.2, 0.25) is 5.88 Å². The molecule has 31 heavy (non-hydrogen) atoms. The summed E-state index contributed by atoms with van der Waals surface area (Å²) in [5.41, 5.74) is 4.82. The minimum atomic E-state index is -1.75. The Morgan fingerprint density at radius 3 is 2.94 bits per heavy atom. The number of rotatable bonds is 7. The molecule has 2 amide bonds. The van der Waals surface area contributed by atoms with Gasteiger partial charge in [-0.15, -0.1) is 0 Å². The Hall–Kier alpha value is -3.20. The Kier molecular flexibility index (Phi) is 6.31. The van der Waals surface area contributed by atoms with Crippen molar-refractivity contribution in [3.05, 3.63) is 53.9 Å². The molecule has 1 unspecified atom stereocenters. The summed E-state index contributed by atoms with van der Waals surface area (Å²) in [5.74, 6) is 0.497. The second-order valence-corrected chi connectivity index (χ2v) is 8.47. The summed E-state index contributed by atoms with van der Waals surface area (Å²) in [4.78, 5) is 16.9. The standard InChI is InChI=1S/C22H25N5O3S/c1-3-12-27-13-10-20(25-27)31(29)26-22(28)24-21-17-6-4-5-15(17)7-8-18(21)16-9-11-23-19(14-16)30-2/h7-11,13-14H,3-6,12H2,1-2H3,(H2,24,26,28). The van der Waals surface area contributed by atoms with Crippen molar-refractivity contribution in [2.75, 3.05) is 12.4 Å². The van der Waals surface area contributed by atoms with Gasteiger partial charge in [0.15, 0.2) is 16.0 Å². The smallest absolute Gasteiger partial charge is 0.331 e. The number of fused-ring (bicyclic) bond motifs is 1. The number of anilines is 1. The van der Waals surface area contributed by atoms with Crippen LogP contribution in [0.15, 0.2) is 47.8 Å². The summed E-state index contributed by atoms with van der Waals surface area (Å²) < 4.78 is 22.0. The van der Waals surface area contributed by atoms with E-state index in [1.165, 1.54) is 5.56 Å². The Labute approximate surface area is 183 Å². The lowest BCUT2D eigenvalue weighted by Gasteiger charge is -2.16. The molecule has 0 radical (unpaired) electrons. The molecule has 0 bridgehead atoms. The first kappa shape index (κ1) is 21.0. The van der Waals surface area contributed by atoms with Gasteiger partial charge < -0.3 is 10.1 Å². The number of nitrogens with one attached hydrogen (secondary N) is 2. The van der Waals surface area contributed by atoms with Crippen molar-refractivity contribution >= 4 is 22.7 Å². The molecular weight excluding hydrogens is 414 g/mol. The molecule has 2 N–H and O–H groups in total. The highest BCUT2D eigenvalue weighted by atomic mass is 32.2. The van der Waals surface area contributed by atoms with Crippen LogP contribution in [0.1, 0.15) is 30.9 Å². The van der Waals surface area contributed by atoms with Gasteiger partial charge in [0.1, 0.15) is 0 Å². The molecule has 0 spiro atoms. The van der Waals surface area contributed by atoms with Crippen LogP contribution in [0, 0.1) is 0 Å². The van der Waals surface area contributed by atoms with Crippen LogP contribution in [0.4, 0.5) is 10.5 Å². The number of methoxy groups -OCH3 is 1. The van der Waals surface area contributed by atoms with Gasteiger partial charge in [-0.2, -0.15) is 5.10 Å². The van der Waals surface area contributed by atoms with Crippen LogP contribution in [0.3, 0.4) is 0 Å². The van der Waals surface area contributed by atoms with E-state index in [2.05, 4.69) is 26.2 Å². The SMILES string of the molecule is CCCn1ccc(S(=O)NC(=O)Nc2c(-c3ccnc(OC)c3)ccc3c2CCC3)n1. The van der Waals surface area contributed by atoms with Crippen LogP contribution >= 0.6 is 0 Å². The first-order chi connectivity index (χ1) is 15.1. The van der Waals surface area contributed by atoms with Crippen LogP contribution in [0.5, 0.6) is 5.88 Å². The van der Waals surface area contributed by atoms with Gasteiger partial charge in [0.25, 0.3) is 0 Å². The van der Waals surface area contributed by atoms with Gasteiger partial charge in [-0.1, -0.05) is 19.1 Å². The van der Waals surface area contributed by atoms with Crippen molar-refractivity contribution in [2.45, 2.75) is 44.2 Å². The molecule has 8 nitrogen and oxygen atoms in total. The highest BCUT2D eigenvalue weighted by Crippen LogP contribution is 2.38. The highest BCUT2D eigenvalue weighted by molar-refractivity contribution is 7.83. The van der Waals surface area contributed by atoms with E-state index in [0.717, 1.165) is 54.6 Å². The number of carbonyl (C=O) groups is 1. The number of hydrogen-bond acceptors (Lipinski definition) is 5. The average Bonchev–Trinajstić information content (AvgIpc) is 3.44. The van der Waals surface area contributed by atoms with Gasteiger partial charge in [0, 0.05) is 30.6 Å². The van der Waals surface area contributed by atoms with E-state index in [4.69, 9.17) is 4.74 Å². The molecule has 1 aliphatic carbocycles. The maximum Gasteiger partial charge on any atom is 0.331 e. The van der Waals surface area contributed by atoms with Gasteiger partial charge in [-0.25, -0.2) is 14.0 Å². The zero-order valence-corrected chi connectivity index (χ0v) is 18.4. The fourth-order valence-corrected chi connectivity index (χ4v) is 4.50. The number of urea groups is 1. The van der Waals surface area contributed by atoms with E-state index >= 15 is 0 Å². The number of benzene rings is 1. The minimum Gasteiger partial charge on any atom is -0.481 e. The van der Waals surface area contributed by atoms with Crippen molar-refractivity contribution < 1.29 is 13.7 Å². The van der Waals surface area contributed by atoms with E-state index in [0.29, 0.717) is 10.9 Å². The molecule has 1 aliphatic rings. The van der Waals surface area contributed by atoms with Crippen molar-refractivity contribution in [1.29, 1.82) is 0 Å². The lowest BCUT2D eigenvalue weighted by atomic mass is 9.98. The average molecular weight is 440 g/mol. The van der Waals surface area contributed by atoms with E-state index in [1.807, 2.05) is 25.1 Å². The third kappa shape index (κ3) is 4.61. The molecule has 0 saturated carbocycles. The quantitative estimate of drug-likeness (QED) is 0.585. The summed E-state index contributed by atoms with van der Waals surface area (Å²) in [6.07, 6.45) is 7.25. The molecule has 4 rings (SSSR count). The van der Waals surface area contributed by atoms with Crippen LogP contribution < -0.4 is 14.8 Å². The number of aromatic nitrogens is 3. The van der Waals surface area contributed by atoms with E-state index in [-0.39, 0.29) is 0 Å². The minimum absolute atomic E-state index is 0.320. The number of amides is 2. The largest absolute Gasteiger partial charge is 0.481 e. The van der Waals surface area contributed by atoms with Crippen molar-refractivity contribution in [3.63, 3.8) is 0 Å². The number of carbonyl (C=O) groups excluding carboxylic acids is 1. The van der Waals surface area contributed by atoms with Crippen LogP contribution in [-0.2, 0) is 30.4 Å². The number of aryl methyl sites for hydroxylation is 2. The van der Waals surface area contributed by atoms with Gasteiger partial charge >= 0.3 is 6.03 Å². The zero-order valence-electron chi connectivity index (χ0n) is 17.6. The first-order valence-electron chi connectivity index (χ1n) is 10.3. The lowest BCUT2D eigenvalue weighted by molar-refractivity contribution is 0.257. The van der Waals surface area contributed by atoms with Crippen molar-refractivity contribution in [1.82, 2.24) is 19.5 Å². The first-order valence-corrected chi connectivity index (χ1v) is 11.4. The van der Waals surface area contributed by atoms with E-state index < -0.39 is 17.0 Å². The summed E-state index contributed by atoms with van der Waals surface area (Å²) in [5, 5.41) is 7.52. The molecule has 2 heterocycles. The second-order valence-electron chi connectivity index (χ2n) is 7.31. The predicted molar refractivity (Wildman–Crippen MR) is 119 cm³/mol. The predicted octanol–water partition coefficient (Wildman–Crippen LogP) is 3.70. The van der Waals surface area contributed by atoms with Crippen LogP contribution in [0.25, 0.3) is 11.1 Å². The molecule has 0 aliphatic heterocycles. The molecule has 0 saturated heterocycles. The van der Waals surface area contributed by atoms with Gasteiger partial charge in [0.05, 0.1) is 12.8 Å². The highest BCUT2D eigenvalue weighted by Gasteiger charge is 2.21. The lowest BCUT2D eigenvalue weighted by Crippen LogP contribution is -2.31. The Bertz CT molecular complexity index is 1130. The number of nitrogens with zero attached hydrogens (tertiary/aromatic N) is 3. The van der Waals surface area contributed by atoms with Crippen molar-refractivity contribution in [2.24, 2.45) is 0 Å². The molecular formula is C22H25N5O3S. The summed E-state index contributed by atoms with van der Waals surface area (Å²) in [6.45, 7) is 2.77. The number of hydrogen-bond donors (Lipinski definition) is 2. The maximum absolute atomic E-state index is 12.7. The maximum atomic E-state index is 12.7. The number of ether oxygens (including phenoxy) is 1. The number of pyridine rings is 1. The Morgan fingerprint density at radius 2 is 2.13 bits per heavy atom. The van der Waals surface area contributed by atoms with E-state index in [1.54, 1.807) is 30.3 Å². The van der Waals surface area contributed by atoms with Crippen molar-refractivity contribution in [3.8, 4) is 17.0 Å². The third-order valence-corrected chi connectivity index (χ3v) is 6.19. The molecule has 3 aromatic rings. The fraction of sp³-hybridized carbons (Fsp3) is 0.318. The Morgan fingerprint density at radius 1 is 1.26 bits per heavy atom.